The van der Waals surface area contributed by atoms with Crippen molar-refractivity contribution in [3.05, 3.63) is 39.5 Å². The number of rotatable bonds is 4. The normalized spacial score (nSPS) is 11.8. The van der Waals surface area contributed by atoms with Gasteiger partial charge in [-0.25, -0.2) is 18.1 Å². The first kappa shape index (κ1) is 16.1. The smallest absolute Gasteiger partial charge is 0.242 e. The Balaban J connectivity index is 2.25. The average Bonchev–Trinajstić information content (AvgIpc) is 2.73. The number of oxazole rings is 1. The zero-order valence-electron chi connectivity index (χ0n) is 11.3. The topological polar surface area (TPSA) is 98.2 Å². The minimum absolute atomic E-state index is 0.0176. The minimum Gasteiger partial charge on any atom is -0.444 e. The third-order valence-electron chi connectivity index (χ3n) is 2.87. The van der Waals surface area contributed by atoms with Crippen LogP contribution in [0.3, 0.4) is 0 Å². The molecule has 0 radical (unpaired) electrons. The summed E-state index contributed by atoms with van der Waals surface area (Å²) in [5, 5.41) is 0.0765. The van der Waals surface area contributed by atoms with E-state index in [1.807, 2.05) is 0 Å². The molecule has 1 heterocycles. The third-order valence-corrected chi connectivity index (χ3v) is 5.16. The standard InChI is InChI=1S/C12H13Cl2N3O3S/c1-6-7(2)20-10(17-6)5-16-21(18,19)9-4-3-8(13)12(15)11(9)14/h3-4,16H,5,15H2,1-2H3. The number of nitrogens with one attached hydrogen (secondary N) is 1. The molecule has 21 heavy (non-hydrogen) atoms. The Bertz CT molecular complexity index is 768. The molecule has 3 N–H and O–H groups in total. The van der Waals surface area contributed by atoms with E-state index in [2.05, 4.69) is 9.71 Å². The summed E-state index contributed by atoms with van der Waals surface area (Å²) in [6.07, 6.45) is 0. The molecule has 0 aliphatic carbocycles. The Hall–Kier alpha value is -1.28. The maximum absolute atomic E-state index is 12.2. The lowest BCUT2D eigenvalue weighted by Crippen LogP contribution is -2.24. The monoisotopic (exact) mass is 349 g/mol. The fourth-order valence-electron chi connectivity index (χ4n) is 1.61. The van der Waals surface area contributed by atoms with Gasteiger partial charge in [0.25, 0.3) is 0 Å². The Labute approximate surface area is 132 Å². The van der Waals surface area contributed by atoms with Gasteiger partial charge in [0.15, 0.2) is 0 Å². The molecular formula is C12H13Cl2N3O3S. The van der Waals surface area contributed by atoms with Crippen molar-refractivity contribution in [3.63, 3.8) is 0 Å². The summed E-state index contributed by atoms with van der Waals surface area (Å²) in [5.74, 6) is 0.907. The summed E-state index contributed by atoms with van der Waals surface area (Å²) in [6, 6.07) is 2.66. The fourth-order valence-corrected chi connectivity index (χ4v) is 3.34. The summed E-state index contributed by atoms with van der Waals surface area (Å²) in [5.41, 5.74) is 6.35. The van der Waals surface area contributed by atoms with Gasteiger partial charge in [-0.2, -0.15) is 0 Å². The highest BCUT2D eigenvalue weighted by molar-refractivity contribution is 7.89. The van der Waals surface area contributed by atoms with Gasteiger partial charge in [-0.15, -0.1) is 0 Å². The lowest BCUT2D eigenvalue weighted by molar-refractivity contribution is 0.463. The molecule has 114 valence electrons. The first-order valence-corrected chi connectivity index (χ1v) is 8.12. The predicted octanol–water partition coefficient (Wildman–Crippen LogP) is 2.66. The van der Waals surface area contributed by atoms with Crippen LogP contribution >= 0.6 is 23.2 Å². The first-order chi connectivity index (χ1) is 9.72. The highest BCUT2D eigenvalue weighted by atomic mass is 35.5. The molecule has 1 aromatic carbocycles. The van der Waals surface area contributed by atoms with Gasteiger partial charge in [-0.1, -0.05) is 23.2 Å². The Morgan fingerprint density at radius 3 is 2.57 bits per heavy atom. The van der Waals surface area contributed by atoms with Crippen LogP contribution in [0, 0.1) is 13.8 Å². The van der Waals surface area contributed by atoms with Crippen LogP contribution < -0.4 is 10.5 Å². The summed E-state index contributed by atoms with van der Waals surface area (Å²) in [6.45, 7) is 3.43. The number of hydrogen-bond acceptors (Lipinski definition) is 5. The summed E-state index contributed by atoms with van der Waals surface area (Å²) in [4.78, 5) is 3.94. The van der Waals surface area contributed by atoms with Crippen LogP contribution in [-0.4, -0.2) is 13.4 Å². The van der Waals surface area contributed by atoms with Gasteiger partial charge in [0, 0.05) is 0 Å². The van der Waals surface area contributed by atoms with Gasteiger partial charge in [0.2, 0.25) is 15.9 Å². The van der Waals surface area contributed by atoms with E-state index < -0.39 is 10.0 Å². The van der Waals surface area contributed by atoms with Crippen LogP contribution in [0.15, 0.2) is 21.4 Å². The van der Waals surface area contributed by atoms with Crippen LogP contribution in [-0.2, 0) is 16.6 Å². The van der Waals surface area contributed by atoms with E-state index in [4.69, 9.17) is 33.4 Å². The Morgan fingerprint density at radius 2 is 2.00 bits per heavy atom. The lowest BCUT2D eigenvalue weighted by atomic mass is 10.3. The van der Waals surface area contributed by atoms with Gasteiger partial charge < -0.3 is 10.2 Å². The summed E-state index contributed by atoms with van der Waals surface area (Å²) < 4.78 is 32.1. The van der Waals surface area contributed by atoms with E-state index in [1.54, 1.807) is 13.8 Å². The van der Waals surface area contributed by atoms with Crippen molar-refractivity contribution in [2.24, 2.45) is 0 Å². The quantitative estimate of drug-likeness (QED) is 0.826. The van der Waals surface area contributed by atoms with Crippen LogP contribution in [0.1, 0.15) is 17.3 Å². The van der Waals surface area contributed by atoms with Crippen molar-refractivity contribution in [2.45, 2.75) is 25.3 Å². The third kappa shape index (κ3) is 3.32. The number of benzene rings is 1. The van der Waals surface area contributed by atoms with Crippen molar-refractivity contribution in [3.8, 4) is 0 Å². The van der Waals surface area contributed by atoms with Gasteiger partial charge in [-0.05, 0) is 26.0 Å². The van der Waals surface area contributed by atoms with Crippen LogP contribution in [0.25, 0.3) is 0 Å². The second-order valence-electron chi connectivity index (χ2n) is 4.35. The SMILES string of the molecule is Cc1nc(CNS(=O)(=O)c2ccc(Cl)c(N)c2Cl)oc1C. The minimum atomic E-state index is -3.85. The molecule has 0 aliphatic heterocycles. The maximum atomic E-state index is 12.2. The zero-order chi connectivity index (χ0) is 15.8. The molecule has 9 heteroatoms. The average molecular weight is 350 g/mol. The maximum Gasteiger partial charge on any atom is 0.242 e. The van der Waals surface area contributed by atoms with E-state index >= 15 is 0 Å². The number of aryl methyl sites for hydroxylation is 2. The molecule has 0 aliphatic rings. The highest BCUT2D eigenvalue weighted by Crippen LogP contribution is 2.33. The van der Waals surface area contributed by atoms with E-state index in [0.29, 0.717) is 11.5 Å². The molecule has 2 aromatic rings. The summed E-state index contributed by atoms with van der Waals surface area (Å²) >= 11 is 11.7. The van der Waals surface area contributed by atoms with Crippen molar-refractivity contribution in [1.82, 2.24) is 9.71 Å². The molecule has 0 atom stereocenters. The number of aromatic nitrogens is 1. The van der Waals surface area contributed by atoms with Gasteiger partial charge in [0.05, 0.1) is 28.0 Å². The molecule has 0 saturated carbocycles. The highest BCUT2D eigenvalue weighted by Gasteiger charge is 2.21. The molecule has 0 unspecified atom stereocenters. The Morgan fingerprint density at radius 1 is 1.33 bits per heavy atom. The summed E-state index contributed by atoms with van der Waals surface area (Å²) in [7, 11) is -3.85. The largest absolute Gasteiger partial charge is 0.444 e. The molecule has 0 saturated heterocycles. The number of hydrogen-bond donors (Lipinski definition) is 2. The van der Waals surface area contributed by atoms with Crippen molar-refractivity contribution < 1.29 is 12.8 Å². The van der Waals surface area contributed by atoms with Crippen molar-refractivity contribution in [1.29, 1.82) is 0 Å². The van der Waals surface area contributed by atoms with E-state index in [1.165, 1.54) is 12.1 Å². The molecule has 0 amide bonds. The molecule has 2 rings (SSSR count). The number of anilines is 1. The van der Waals surface area contributed by atoms with Crippen LogP contribution in [0.4, 0.5) is 5.69 Å². The molecule has 0 spiro atoms. The number of sulfonamides is 1. The molecule has 1 aromatic heterocycles. The van der Waals surface area contributed by atoms with Gasteiger partial charge in [-0.3, -0.25) is 0 Å². The molecule has 0 fully saturated rings. The van der Waals surface area contributed by atoms with E-state index in [-0.39, 0.29) is 33.1 Å². The van der Waals surface area contributed by atoms with Crippen molar-refractivity contribution >= 4 is 38.9 Å². The van der Waals surface area contributed by atoms with E-state index in [9.17, 15) is 8.42 Å². The molecule has 6 nitrogen and oxygen atoms in total. The number of halogens is 2. The lowest BCUT2D eigenvalue weighted by Gasteiger charge is -2.09. The molecule has 0 bridgehead atoms. The van der Waals surface area contributed by atoms with E-state index in [0.717, 1.165) is 0 Å². The van der Waals surface area contributed by atoms with Gasteiger partial charge >= 0.3 is 0 Å². The van der Waals surface area contributed by atoms with Crippen LogP contribution in [0.5, 0.6) is 0 Å². The second kappa shape index (κ2) is 5.84. The number of nitrogens with zero attached hydrogens (tertiary/aromatic N) is 1. The van der Waals surface area contributed by atoms with Gasteiger partial charge in [0.1, 0.15) is 10.7 Å². The number of nitrogen functional groups attached to an aromatic ring is 1. The molecular weight excluding hydrogens is 337 g/mol. The Kier molecular flexibility index (Phi) is 4.48. The van der Waals surface area contributed by atoms with Crippen LogP contribution in [0.2, 0.25) is 10.0 Å². The van der Waals surface area contributed by atoms with Crippen molar-refractivity contribution in [2.75, 3.05) is 5.73 Å². The number of nitrogens with two attached hydrogens (primary N) is 1. The second-order valence-corrected chi connectivity index (χ2v) is 6.87. The zero-order valence-corrected chi connectivity index (χ0v) is 13.6. The predicted molar refractivity (Wildman–Crippen MR) is 80.9 cm³/mol. The fraction of sp³-hybridized carbons (Fsp3) is 0.250. The first-order valence-electron chi connectivity index (χ1n) is 5.88.